The molecule has 41 heavy (non-hydrogen) atoms. The van der Waals surface area contributed by atoms with Crippen molar-refractivity contribution in [2.75, 3.05) is 25.1 Å². The third-order valence-corrected chi connectivity index (χ3v) is 7.46. The second kappa shape index (κ2) is 12.3. The van der Waals surface area contributed by atoms with E-state index in [1.807, 2.05) is 30.3 Å². The molecule has 0 spiro atoms. The lowest BCUT2D eigenvalue weighted by molar-refractivity contribution is -0.137. The van der Waals surface area contributed by atoms with E-state index in [-0.39, 0.29) is 86.9 Å². The van der Waals surface area contributed by atoms with Crippen LogP contribution in [0, 0.1) is 0 Å². The van der Waals surface area contributed by atoms with Crippen LogP contribution in [0.1, 0.15) is 53.1 Å². The number of nitrogens with zero attached hydrogens (tertiary/aromatic N) is 1. The first-order valence-corrected chi connectivity index (χ1v) is 13.5. The molecular formula is C30H30N4O7. The molecule has 2 aromatic rings. The van der Waals surface area contributed by atoms with Crippen LogP contribution in [-0.4, -0.2) is 65.9 Å². The fraction of sp³-hybridized carbons (Fsp3) is 0.333. The highest BCUT2D eigenvalue weighted by Gasteiger charge is 2.40. The van der Waals surface area contributed by atoms with Crippen molar-refractivity contribution in [3.8, 4) is 0 Å². The highest BCUT2D eigenvalue weighted by molar-refractivity contribution is 6.22. The Labute approximate surface area is 236 Å². The Morgan fingerprint density at radius 2 is 1.76 bits per heavy atom. The molecule has 2 aliphatic heterocycles. The van der Waals surface area contributed by atoms with Crippen LogP contribution in [0.4, 0.5) is 5.69 Å². The van der Waals surface area contributed by atoms with Crippen LogP contribution in [0.2, 0.25) is 0 Å². The first-order chi connectivity index (χ1) is 19.8. The molecule has 0 bridgehead atoms. The summed E-state index contributed by atoms with van der Waals surface area (Å²) in [5.41, 5.74) is 2.57. The van der Waals surface area contributed by atoms with Crippen LogP contribution in [0.3, 0.4) is 0 Å². The van der Waals surface area contributed by atoms with Gasteiger partial charge in [-0.2, -0.15) is 0 Å². The van der Waals surface area contributed by atoms with Gasteiger partial charge in [0.2, 0.25) is 17.7 Å². The van der Waals surface area contributed by atoms with Crippen LogP contribution < -0.4 is 16.0 Å². The molecule has 5 rings (SSSR count). The summed E-state index contributed by atoms with van der Waals surface area (Å²) in [4.78, 5) is 75.7. The molecule has 1 aliphatic carbocycles. The number of amides is 4. The molecule has 1 unspecified atom stereocenters. The number of imide groups is 1. The Balaban J connectivity index is 1.07. The number of anilines is 1. The number of ether oxygens (including phenoxy) is 1. The van der Waals surface area contributed by atoms with Crippen molar-refractivity contribution >= 4 is 40.9 Å². The van der Waals surface area contributed by atoms with E-state index >= 15 is 0 Å². The highest BCUT2D eigenvalue weighted by Crippen LogP contribution is 2.33. The molecule has 2 heterocycles. The first kappa shape index (κ1) is 27.9. The zero-order valence-corrected chi connectivity index (χ0v) is 22.3. The summed E-state index contributed by atoms with van der Waals surface area (Å²) in [7, 11) is 0. The number of Topliss-reactive ketones (excluding diaryl/α,β-unsaturated/α-hetero) is 2. The number of nitrogens with one attached hydrogen (secondary N) is 3. The van der Waals surface area contributed by atoms with Crippen LogP contribution in [-0.2, 0) is 35.3 Å². The van der Waals surface area contributed by atoms with E-state index in [1.54, 1.807) is 18.2 Å². The maximum Gasteiger partial charge on any atom is 0.255 e. The van der Waals surface area contributed by atoms with Crippen LogP contribution in [0.15, 0.2) is 60.3 Å². The lowest BCUT2D eigenvalue weighted by Crippen LogP contribution is -2.52. The molecule has 1 saturated carbocycles. The SMILES string of the molecule is O=C1CCC(N2Cc3c(NC(=O)COCCNC=C4C(=O)CC(c5ccccc5)CC4=O)cccc3C2=O)C(=O)N1. The smallest absolute Gasteiger partial charge is 0.255 e. The van der Waals surface area contributed by atoms with Gasteiger partial charge in [0, 0.05) is 55.4 Å². The van der Waals surface area contributed by atoms with Crippen molar-refractivity contribution in [3.63, 3.8) is 0 Å². The number of carbonyl (C=O) groups is 6. The number of hydrogen-bond acceptors (Lipinski definition) is 8. The number of ketones is 2. The number of fused-ring (bicyclic) bond motifs is 1. The van der Waals surface area contributed by atoms with Crippen LogP contribution >= 0.6 is 0 Å². The molecule has 11 heteroatoms. The maximum atomic E-state index is 12.9. The second-order valence-electron chi connectivity index (χ2n) is 10.2. The highest BCUT2D eigenvalue weighted by atomic mass is 16.5. The van der Waals surface area contributed by atoms with E-state index in [1.165, 1.54) is 11.1 Å². The molecule has 2 fully saturated rings. The predicted molar refractivity (Wildman–Crippen MR) is 146 cm³/mol. The summed E-state index contributed by atoms with van der Waals surface area (Å²) in [6.45, 7) is 0.333. The Kier molecular flexibility index (Phi) is 8.34. The average molecular weight is 559 g/mol. The summed E-state index contributed by atoms with van der Waals surface area (Å²) < 4.78 is 5.43. The van der Waals surface area contributed by atoms with Gasteiger partial charge in [0.25, 0.3) is 5.91 Å². The number of benzene rings is 2. The van der Waals surface area contributed by atoms with E-state index in [0.29, 0.717) is 16.8 Å². The van der Waals surface area contributed by atoms with Gasteiger partial charge in [0.05, 0.1) is 12.2 Å². The van der Waals surface area contributed by atoms with Gasteiger partial charge in [-0.15, -0.1) is 0 Å². The predicted octanol–water partition coefficient (Wildman–Crippen LogP) is 1.59. The quantitative estimate of drug-likeness (QED) is 0.182. The van der Waals surface area contributed by atoms with Crippen molar-refractivity contribution in [2.45, 2.75) is 44.2 Å². The second-order valence-corrected chi connectivity index (χ2v) is 10.2. The van der Waals surface area contributed by atoms with Gasteiger partial charge in [0.15, 0.2) is 11.6 Å². The molecule has 4 amide bonds. The minimum atomic E-state index is -0.744. The van der Waals surface area contributed by atoms with E-state index in [2.05, 4.69) is 16.0 Å². The standard InChI is InChI=1S/C30H30N4O7/c35-25-13-19(18-5-2-1-3-6-18)14-26(36)21(25)15-31-11-12-41-17-28(38)32-23-8-4-7-20-22(23)16-34(30(20)40)24-9-10-27(37)33-29(24)39/h1-8,15,19,24,31H,9-14,16-17H2,(H,32,38)(H,33,37,39). The number of hydrogen-bond donors (Lipinski definition) is 3. The van der Waals surface area contributed by atoms with Gasteiger partial charge in [-0.3, -0.25) is 34.1 Å². The Bertz CT molecular complexity index is 1420. The zero-order valence-electron chi connectivity index (χ0n) is 22.3. The largest absolute Gasteiger partial charge is 0.388 e. The summed E-state index contributed by atoms with van der Waals surface area (Å²) in [6.07, 6.45) is 2.39. The van der Waals surface area contributed by atoms with Gasteiger partial charge in [-0.1, -0.05) is 36.4 Å². The molecule has 3 N–H and O–H groups in total. The average Bonchev–Trinajstić information content (AvgIpc) is 3.29. The normalized spacial score (nSPS) is 20.5. The van der Waals surface area contributed by atoms with E-state index in [0.717, 1.165) is 5.56 Å². The Morgan fingerprint density at radius 1 is 1.00 bits per heavy atom. The monoisotopic (exact) mass is 558 g/mol. The number of carbonyl (C=O) groups excluding carboxylic acids is 6. The van der Waals surface area contributed by atoms with Crippen LogP contribution in [0.5, 0.6) is 0 Å². The van der Waals surface area contributed by atoms with E-state index in [4.69, 9.17) is 4.74 Å². The van der Waals surface area contributed by atoms with Crippen molar-refractivity contribution in [1.29, 1.82) is 0 Å². The summed E-state index contributed by atoms with van der Waals surface area (Å²) in [5, 5.41) is 7.94. The molecule has 11 nitrogen and oxygen atoms in total. The lowest BCUT2D eigenvalue weighted by atomic mass is 9.80. The maximum absolute atomic E-state index is 12.9. The van der Waals surface area contributed by atoms with Crippen molar-refractivity contribution in [2.24, 2.45) is 0 Å². The minimum absolute atomic E-state index is 0.111. The van der Waals surface area contributed by atoms with Gasteiger partial charge in [-0.05, 0) is 30.0 Å². The zero-order chi connectivity index (χ0) is 28.9. The lowest BCUT2D eigenvalue weighted by Gasteiger charge is -2.29. The van der Waals surface area contributed by atoms with Gasteiger partial charge in [0.1, 0.15) is 12.6 Å². The van der Waals surface area contributed by atoms with E-state index in [9.17, 15) is 28.8 Å². The molecule has 3 aliphatic rings. The Morgan fingerprint density at radius 3 is 2.49 bits per heavy atom. The molecular weight excluding hydrogens is 528 g/mol. The summed E-state index contributed by atoms with van der Waals surface area (Å²) in [5.74, 6) is -2.12. The molecule has 1 saturated heterocycles. The van der Waals surface area contributed by atoms with E-state index < -0.39 is 17.9 Å². The van der Waals surface area contributed by atoms with Gasteiger partial charge >= 0.3 is 0 Å². The fourth-order valence-electron chi connectivity index (χ4n) is 5.38. The topological polar surface area (TPSA) is 151 Å². The van der Waals surface area contributed by atoms with Crippen molar-refractivity contribution < 1.29 is 33.5 Å². The summed E-state index contributed by atoms with van der Waals surface area (Å²) in [6, 6.07) is 13.7. The van der Waals surface area contributed by atoms with Gasteiger partial charge < -0.3 is 20.3 Å². The molecule has 2 aromatic carbocycles. The first-order valence-electron chi connectivity index (χ1n) is 13.5. The molecule has 0 aromatic heterocycles. The van der Waals surface area contributed by atoms with Crippen molar-refractivity contribution in [1.82, 2.24) is 15.5 Å². The molecule has 0 radical (unpaired) electrons. The third-order valence-electron chi connectivity index (χ3n) is 7.46. The number of allylic oxidation sites excluding steroid dienone is 1. The van der Waals surface area contributed by atoms with Crippen LogP contribution in [0.25, 0.3) is 0 Å². The molecule has 212 valence electrons. The Hall–Kier alpha value is -4.64. The fourth-order valence-corrected chi connectivity index (χ4v) is 5.38. The van der Waals surface area contributed by atoms with Gasteiger partial charge in [-0.25, -0.2) is 0 Å². The summed E-state index contributed by atoms with van der Waals surface area (Å²) >= 11 is 0. The minimum Gasteiger partial charge on any atom is -0.388 e. The number of rotatable bonds is 9. The van der Waals surface area contributed by atoms with Crippen molar-refractivity contribution in [3.05, 3.63) is 77.0 Å². The third kappa shape index (κ3) is 6.25. The molecule has 1 atom stereocenters. The number of piperidine rings is 1.